The first-order valence-electron chi connectivity index (χ1n) is 14.9. The molecule has 2 heterocycles. The van der Waals surface area contributed by atoms with Crippen LogP contribution >= 0.6 is 0 Å². The summed E-state index contributed by atoms with van der Waals surface area (Å²) in [5.41, 5.74) is 7.29. The molecule has 0 saturated carbocycles. The number of pyridine rings is 1. The molecular weight excluding hydrogens is 536 g/mol. The van der Waals surface area contributed by atoms with Crippen LogP contribution in [0.15, 0.2) is 162 Å². The van der Waals surface area contributed by atoms with Crippen molar-refractivity contribution in [3.8, 4) is 11.1 Å². The smallest absolute Gasteiger partial charge is 0.138 e. The lowest BCUT2D eigenvalue weighted by Crippen LogP contribution is -2.10. The minimum Gasteiger partial charge on any atom is -0.456 e. The molecule has 0 saturated heterocycles. The van der Waals surface area contributed by atoms with E-state index in [9.17, 15) is 0 Å². The van der Waals surface area contributed by atoms with E-state index in [1.54, 1.807) is 6.20 Å². The fourth-order valence-corrected chi connectivity index (χ4v) is 6.64. The zero-order valence-corrected chi connectivity index (χ0v) is 23.8. The summed E-state index contributed by atoms with van der Waals surface area (Å²) in [6.45, 7) is 0. The van der Waals surface area contributed by atoms with E-state index in [2.05, 4.69) is 149 Å². The second-order valence-electron chi connectivity index (χ2n) is 11.2. The summed E-state index contributed by atoms with van der Waals surface area (Å²) in [5, 5.41) is 9.47. The molecule has 3 heteroatoms. The maximum Gasteiger partial charge on any atom is 0.138 e. The van der Waals surface area contributed by atoms with Gasteiger partial charge < -0.3 is 9.32 Å². The number of rotatable bonds is 4. The van der Waals surface area contributed by atoms with Gasteiger partial charge in [-0.05, 0) is 74.5 Å². The Kier molecular flexibility index (Phi) is 5.50. The predicted octanol–water partition coefficient (Wildman–Crippen LogP) is 11.6. The molecule has 0 aliphatic heterocycles. The topological polar surface area (TPSA) is 29.3 Å². The van der Waals surface area contributed by atoms with Gasteiger partial charge in [-0.25, -0.2) is 0 Å². The molecule has 7 aromatic carbocycles. The van der Waals surface area contributed by atoms with E-state index in [0.717, 1.165) is 39.0 Å². The van der Waals surface area contributed by atoms with Gasteiger partial charge in [0, 0.05) is 46.0 Å². The molecule has 3 nitrogen and oxygen atoms in total. The van der Waals surface area contributed by atoms with E-state index in [-0.39, 0.29) is 0 Å². The van der Waals surface area contributed by atoms with Crippen LogP contribution < -0.4 is 4.90 Å². The second kappa shape index (κ2) is 9.82. The van der Waals surface area contributed by atoms with E-state index >= 15 is 0 Å². The van der Waals surface area contributed by atoms with E-state index < -0.39 is 0 Å². The van der Waals surface area contributed by atoms with Gasteiger partial charge in [-0.2, -0.15) is 0 Å². The van der Waals surface area contributed by atoms with Gasteiger partial charge in [-0.1, -0.05) is 103 Å². The van der Waals surface area contributed by atoms with Crippen LogP contribution in [-0.4, -0.2) is 4.98 Å². The molecule has 0 amide bonds. The minimum absolute atomic E-state index is 0.840. The van der Waals surface area contributed by atoms with Crippen LogP contribution in [0.4, 0.5) is 17.1 Å². The van der Waals surface area contributed by atoms with Gasteiger partial charge in [0.15, 0.2) is 0 Å². The lowest BCUT2D eigenvalue weighted by molar-refractivity contribution is 0.668. The van der Waals surface area contributed by atoms with E-state index in [4.69, 9.17) is 4.42 Å². The molecule has 0 aliphatic carbocycles. The normalized spacial score (nSPS) is 11.6. The predicted molar refractivity (Wildman–Crippen MR) is 184 cm³/mol. The van der Waals surface area contributed by atoms with Crippen molar-refractivity contribution in [2.75, 3.05) is 4.90 Å². The number of furan rings is 1. The summed E-state index contributed by atoms with van der Waals surface area (Å²) in [6.07, 6.45) is 3.65. The van der Waals surface area contributed by atoms with Crippen LogP contribution in [0.2, 0.25) is 0 Å². The molecule has 9 aromatic rings. The second-order valence-corrected chi connectivity index (χ2v) is 11.2. The molecule has 0 aliphatic rings. The number of anilines is 3. The van der Waals surface area contributed by atoms with Gasteiger partial charge in [-0.3, -0.25) is 4.98 Å². The molecule has 2 aromatic heterocycles. The molecule has 206 valence electrons. The van der Waals surface area contributed by atoms with Crippen molar-refractivity contribution in [2.45, 2.75) is 0 Å². The molecule has 0 fully saturated rings. The van der Waals surface area contributed by atoms with Crippen molar-refractivity contribution in [3.05, 3.63) is 158 Å². The first-order chi connectivity index (χ1) is 21.8. The largest absolute Gasteiger partial charge is 0.456 e. The summed E-state index contributed by atoms with van der Waals surface area (Å²) in [5.74, 6) is 0. The van der Waals surface area contributed by atoms with Crippen molar-refractivity contribution in [3.63, 3.8) is 0 Å². The van der Waals surface area contributed by atoms with Crippen molar-refractivity contribution in [2.24, 2.45) is 0 Å². The molecule has 9 rings (SSSR count). The first-order valence-corrected chi connectivity index (χ1v) is 14.9. The summed E-state index contributed by atoms with van der Waals surface area (Å²) < 4.78 is 6.34. The summed E-state index contributed by atoms with van der Waals surface area (Å²) in [6, 6.07) is 52.0. The fourth-order valence-electron chi connectivity index (χ4n) is 6.64. The monoisotopic (exact) mass is 562 g/mol. The van der Waals surface area contributed by atoms with Gasteiger partial charge in [-0.15, -0.1) is 0 Å². The van der Waals surface area contributed by atoms with Gasteiger partial charge in [0.2, 0.25) is 0 Å². The average Bonchev–Trinajstić information content (AvgIpc) is 3.47. The highest BCUT2D eigenvalue weighted by molar-refractivity contribution is 6.21. The Labute approximate surface area is 254 Å². The molecule has 0 radical (unpaired) electrons. The molecular formula is C41H26N2O. The van der Waals surface area contributed by atoms with Crippen molar-refractivity contribution < 1.29 is 4.42 Å². The Morgan fingerprint density at radius 1 is 0.432 bits per heavy atom. The standard InChI is InChI=1S/C41H26N2O/c1-2-8-27(9-3-1)28-14-17-30(18-15-28)43(31-19-21-36-38-26-42-23-22-40(38)44-41(36)24-31)39-25-37-32-11-5-4-10-29(32)16-20-34(37)33-12-6-7-13-35(33)39/h1-26H. The molecule has 0 atom stereocenters. The van der Waals surface area contributed by atoms with Crippen molar-refractivity contribution >= 4 is 71.3 Å². The van der Waals surface area contributed by atoms with E-state index in [1.165, 1.54) is 43.4 Å². The highest BCUT2D eigenvalue weighted by Crippen LogP contribution is 2.45. The van der Waals surface area contributed by atoms with Gasteiger partial charge in [0.25, 0.3) is 0 Å². The molecule has 0 bridgehead atoms. The van der Waals surface area contributed by atoms with E-state index in [0.29, 0.717) is 0 Å². The SMILES string of the molecule is c1ccc(-c2ccc(N(c3ccc4c(c3)oc3ccncc34)c3cc4c5ccccc5ccc4c4ccccc34)cc2)cc1. The molecule has 0 unspecified atom stereocenters. The Bertz CT molecular complexity index is 2490. The maximum absolute atomic E-state index is 6.34. The van der Waals surface area contributed by atoms with Crippen LogP contribution in [0.5, 0.6) is 0 Å². The lowest BCUT2D eigenvalue weighted by Gasteiger charge is -2.28. The third-order valence-electron chi connectivity index (χ3n) is 8.73. The number of benzene rings is 7. The summed E-state index contributed by atoms with van der Waals surface area (Å²) in [7, 11) is 0. The van der Waals surface area contributed by atoms with Gasteiger partial charge >= 0.3 is 0 Å². The Morgan fingerprint density at radius 3 is 1.98 bits per heavy atom. The number of fused-ring (bicyclic) bond motifs is 8. The number of nitrogens with zero attached hydrogens (tertiary/aromatic N) is 2. The highest BCUT2D eigenvalue weighted by atomic mass is 16.3. The zero-order chi connectivity index (χ0) is 29.0. The first kappa shape index (κ1) is 24.6. The Hall–Kier alpha value is -5.93. The number of aromatic nitrogens is 1. The van der Waals surface area contributed by atoms with Gasteiger partial charge in [0.1, 0.15) is 11.2 Å². The maximum atomic E-state index is 6.34. The van der Waals surface area contributed by atoms with Crippen LogP contribution in [0.25, 0.3) is 65.4 Å². The third-order valence-corrected chi connectivity index (χ3v) is 8.73. The minimum atomic E-state index is 0.840. The number of hydrogen-bond donors (Lipinski definition) is 0. The fraction of sp³-hybridized carbons (Fsp3) is 0. The van der Waals surface area contributed by atoms with E-state index in [1.807, 2.05) is 12.3 Å². The Balaban J connectivity index is 1.33. The lowest BCUT2D eigenvalue weighted by atomic mass is 9.95. The summed E-state index contributed by atoms with van der Waals surface area (Å²) in [4.78, 5) is 6.70. The molecule has 44 heavy (non-hydrogen) atoms. The van der Waals surface area contributed by atoms with Crippen LogP contribution in [-0.2, 0) is 0 Å². The summed E-state index contributed by atoms with van der Waals surface area (Å²) >= 11 is 0. The molecule has 0 N–H and O–H groups in total. The average molecular weight is 563 g/mol. The van der Waals surface area contributed by atoms with Crippen LogP contribution in [0, 0.1) is 0 Å². The van der Waals surface area contributed by atoms with Crippen molar-refractivity contribution in [1.29, 1.82) is 0 Å². The molecule has 0 spiro atoms. The quantitative estimate of drug-likeness (QED) is 0.200. The highest BCUT2D eigenvalue weighted by Gasteiger charge is 2.20. The number of hydrogen-bond acceptors (Lipinski definition) is 3. The van der Waals surface area contributed by atoms with Crippen molar-refractivity contribution in [1.82, 2.24) is 4.98 Å². The van der Waals surface area contributed by atoms with Crippen LogP contribution in [0.3, 0.4) is 0 Å². The van der Waals surface area contributed by atoms with Gasteiger partial charge in [0.05, 0.1) is 5.69 Å². The third kappa shape index (κ3) is 3.87. The van der Waals surface area contributed by atoms with Crippen LogP contribution in [0.1, 0.15) is 0 Å². The Morgan fingerprint density at radius 2 is 1.11 bits per heavy atom. The zero-order valence-electron chi connectivity index (χ0n) is 23.8.